The summed E-state index contributed by atoms with van der Waals surface area (Å²) in [6.07, 6.45) is 0.692. The molecular weight excluding hydrogens is 430 g/mol. The summed E-state index contributed by atoms with van der Waals surface area (Å²) in [5.74, 6) is 0.256. The van der Waals surface area contributed by atoms with Gasteiger partial charge in [-0.15, -0.1) is 0 Å². The zero-order valence-electron chi connectivity index (χ0n) is 17.2. The number of nitro groups is 1. The average Bonchev–Trinajstić information content (AvgIpc) is 2.80. The Morgan fingerprint density at radius 2 is 1.78 bits per heavy atom. The van der Waals surface area contributed by atoms with Gasteiger partial charge in [-0.05, 0) is 42.0 Å². The third-order valence-corrected chi connectivity index (χ3v) is 4.70. The fourth-order valence-corrected chi connectivity index (χ4v) is 3.13. The molecule has 0 aliphatic heterocycles. The number of thiocarbonyl (C=S) groups is 1. The number of ether oxygens (including phenoxy) is 2. The average molecular weight is 452 g/mol. The van der Waals surface area contributed by atoms with Crippen molar-refractivity contribution in [2.24, 2.45) is 0 Å². The largest absolute Gasteiger partial charge is 0.496 e. The lowest BCUT2D eigenvalue weighted by Crippen LogP contribution is -2.34. The van der Waals surface area contributed by atoms with Crippen molar-refractivity contribution < 1.29 is 19.2 Å². The van der Waals surface area contributed by atoms with Gasteiger partial charge in [-0.1, -0.05) is 42.5 Å². The van der Waals surface area contributed by atoms with Gasteiger partial charge in [0, 0.05) is 6.42 Å². The Bertz CT molecular complexity index is 1120. The molecule has 32 heavy (non-hydrogen) atoms. The van der Waals surface area contributed by atoms with Gasteiger partial charge in [-0.2, -0.15) is 0 Å². The molecule has 1 amide bonds. The highest BCUT2D eigenvalue weighted by Gasteiger charge is 2.18. The Morgan fingerprint density at radius 3 is 2.50 bits per heavy atom. The fraction of sp³-hybridized carbons (Fsp3) is 0.130. The Kier molecular flexibility index (Phi) is 7.71. The third kappa shape index (κ3) is 6.02. The van der Waals surface area contributed by atoms with E-state index >= 15 is 0 Å². The predicted molar refractivity (Wildman–Crippen MR) is 125 cm³/mol. The summed E-state index contributed by atoms with van der Waals surface area (Å²) in [5.41, 5.74) is 1.33. The predicted octanol–water partition coefficient (Wildman–Crippen LogP) is 4.35. The molecule has 0 atom stereocenters. The van der Waals surface area contributed by atoms with Crippen molar-refractivity contribution in [1.29, 1.82) is 0 Å². The molecule has 0 saturated heterocycles. The Hall–Kier alpha value is -3.98. The maximum Gasteiger partial charge on any atom is 0.296 e. The van der Waals surface area contributed by atoms with Crippen molar-refractivity contribution >= 4 is 34.6 Å². The third-order valence-electron chi connectivity index (χ3n) is 4.50. The van der Waals surface area contributed by atoms with Crippen LogP contribution >= 0.6 is 12.2 Å². The van der Waals surface area contributed by atoms with Crippen LogP contribution in [0.4, 0.5) is 11.4 Å². The van der Waals surface area contributed by atoms with Crippen LogP contribution in [0.1, 0.15) is 15.9 Å². The van der Waals surface area contributed by atoms with Crippen molar-refractivity contribution in [3.8, 4) is 11.5 Å². The topological polar surface area (TPSA) is 103 Å². The molecule has 0 saturated carbocycles. The zero-order valence-corrected chi connectivity index (χ0v) is 18.1. The van der Waals surface area contributed by atoms with Crippen LogP contribution in [0.15, 0.2) is 72.8 Å². The zero-order chi connectivity index (χ0) is 22.9. The smallest absolute Gasteiger partial charge is 0.296 e. The maximum atomic E-state index is 12.7. The number of hydrogen-bond donors (Lipinski definition) is 2. The molecule has 0 fully saturated rings. The molecule has 0 bridgehead atoms. The number of anilines is 1. The highest BCUT2D eigenvalue weighted by molar-refractivity contribution is 7.80. The highest BCUT2D eigenvalue weighted by atomic mass is 32.1. The summed E-state index contributed by atoms with van der Waals surface area (Å²) in [6.45, 7) is 0.398. The molecule has 0 spiro atoms. The number of rotatable bonds is 8. The Balaban J connectivity index is 1.64. The number of para-hydroxylation sites is 1. The van der Waals surface area contributed by atoms with Gasteiger partial charge in [0.2, 0.25) is 0 Å². The minimum Gasteiger partial charge on any atom is -0.496 e. The van der Waals surface area contributed by atoms with Gasteiger partial charge in [0.15, 0.2) is 5.11 Å². The number of nitro benzene ring substituents is 1. The second-order valence-electron chi connectivity index (χ2n) is 6.63. The molecule has 9 heteroatoms. The van der Waals surface area contributed by atoms with E-state index < -0.39 is 10.8 Å². The standard InChI is InChI=1S/C23H21N3O5S/c1-30-17-11-12-19(20(15-17)26(28)29)24-23(32)25-22(27)18-9-5-6-10-21(18)31-14-13-16-7-3-2-4-8-16/h2-12,15H,13-14H2,1H3,(H2,24,25,27,32). The van der Waals surface area contributed by atoms with E-state index in [2.05, 4.69) is 10.6 Å². The molecular formula is C23H21N3O5S. The monoisotopic (exact) mass is 451 g/mol. The molecule has 3 aromatic carbocycles. The van der Waals surface area contributed by atoms with Crippen LogP contribution in [0.5, 0.6) is 11.5 Å². The summed E-state index contributed by atoms with van der Waals surface area (Å²) in [4.78, 5) is 23.5. The second kappa shape index (κ2) is 10.9. The number of benzene rings is 3. The summed E-state index contributed by atoms with van der Waals surface area (Å²) < 4.78 is 10.8. The van der Waals surface area contributed by atoms with Crippen LogP contribution in [0.25, 0.3) is 0 Å². The molecule has 0 heterocycles. The lowest BCUT2D eigenvalue weighted by atomic mass is 10.1. The molecule has 0 radical (unpaired) electrons. The quantitative estimate of drug-likeness (QED) is 0.298. The number of hydrogen-bond acceptors (Lipinski definition) is 6. The molecule has 8 nitrogen and oxygen atoms in total. The number of amides is 1. The van der Waals surface area contributed by atoms with Crippen molar-refractivity contribution in [1.82, 2.24) is 5.32 Å². The van der Waals surface area contributed by atoms with Crippen LogP contribution in [0.2, 0.25) is 0 Å². The van der Waals surface area contributed by atoms with Gasteiger partial charge < -0.3 is 14.8 Å². The molecule has 0 aliphatic rings. The number of nitrogens with zero attached hydrogens (tertiary/aromatic N) is 1. The number of nitrogens with one attached hydrogen (secondary N) is 2. The summed E-state index contributed by atoms with van der Waals surface area (Å²) >= 11 is 5.18. The highest BCUT2D eigenvalue weighted by Crippen LogP contribution is 2.29. The van der Waals surface area contributed by atoms with Crippen LogP contribution in [0, 0.1) is 10.1 Å². The van der Waals surface area contributed by atoms with Gasteiger partial charge in [0.1, 0.15) is 17.2 Å². The summed E-state index contributed by atoms with van der Waals surface area (Å²) in [5, 5.41) is 16.5. The first-order chi connectivity index (χ1) is 15.5. The number of carbonyl (C=O) groups excluding carboxylic acids is 1. The van der Waals surface area contributed by atoms with E-state index in [9.17, 15) is 14.9 Å². The van der Waals surface area contributed by atoms with E-state index in [0.717, 1.165) is 5.56 Å². The van der Waals surface area contributed by atoms with Crippen molar-refractivity contribution in [3.05, 3.63) is 94.0 Å². The SMILES string of the molecule is COc1ccc(NC(=S)NC(=O)c2ccccc2OCCc2ccccc2)c([N+](=O)[O-])c1. The van der Waals surface area contributed by atoms with E-state index in [-0.39, 0.29) is 16.5 Å². The minimum atomic E-state index is -0.564. The van der Waals surface area contributed by atoms with Gasteiger partial charge >= 0.3 is 0 Å². The number of methoxy groups -OCH3 is 1. The van der Waals surface area contributed by atoms with Crippen molar-refractivity contribution in [2.45, 2.75) is 6.42 Å². The Morgan fingerprint density at radius 1 is 1.06 bits per heavy atom. The van der Waals surface area contributed by atoms with Crippen LogP contribution in [0.3, 0.4) is 0 Å². The van der Waals surface area contributed by atoms with E-state index in [1.54, 1.807) is 30.3 Å². The van der Waals surface area contributed by atoms with Gasteiger partial charge in [0.25, 0.3) is 11.6 Å². The Labute approximate surface area is 190 Å². The van der Waals surface area contributed by atoms with Gasteiger partial charge in [-0.25, -0.2) is 0 Å². The van der Waals surface area contributed by atoms with Crippen molar-refractivity contribution in [2.75, 3.05) is 19.0 Å². The maximum absolute atomic E-state index is 12.7. The number of carbonyl (C=O) groups is 1. The molecule has 0 aromatic heterocycles. The summed E-state index contributed by atoms with van der Waals surface area (Å²) in [7, 11) is 1.41. The van der Waals surface area contributed by atoms with E-state index in [4.69, 9.17) is 21.7 Å². The van der Waals surface area contributed by atoms with Gasteiger partial charge in [-0.3, -0.25) is 20.2 Å². The lowest BCUT2D eigenvalue weighted by Gasteiger charge is -2.13. The first-order valence-corrected chi connectivity index (χ1v) is 10.1. The van der Waals surface area contributed by atoms with Crippen LogP contribution < -0.4 is 20.1 Å². The van der Waals surface area contributed by atoms with Gasteiger partial charge in [0.05, 0.1) is 30.3 Å². The fourth-order valence-electron chi connectivity index (χ4n) is 2.92. The van der Waals surface area contributed by atoms with Crippen molar-refractivity contribution in [3.63, 3.8) is 0 Å². The normalized spacial score (nSPS) is 10.2. The van der Waals surface area contributed by atoms with E-state index in [0.29, 0.717) is 30.1 Å². The molecule has 0 unspecified atom stereocenters. The molecule has 0 aliphatic carbocycles. The second-order valence-corrected chi connectivity index (χ2v) is 7.04. The first-order valence-electron chi connectivity index (χ1n) is 9.68. The molecule has 3 aromatic rings. The lowest BCUT2D eigenvalue weighted by molar-refractivity contribution is -0.384. The van der Waals surface area contributed by atoms with E-state index in [1.165, 1.54) is 19.2 Å². The molecule has 3 rings (SSSR count). The molecule has 164 valence electrons. The van der Waals surface area contributed by atoms with Crippen LogP contribution in [-0.2, 0) is 6.42 Å². The minimum absolute atomic E-state index is 0.0812. The molecule has 2 N–H and O–H groups in total. The van der Waals surface area contributed by atoms with Crippen LogP contribution in [-0.4, -0.2) is 29.7 Å². The first kappa shape index (κ1) is 22.7. The van der Waals surface area contributed by atoms with E-state index in [1.807, 2.05) is 30.3 Å². The summed E-state index contributed by atoms with van der Waals surface area (Å²) in [6, 6.07) is 20.9.